The minimum absolute atomic E-state index is 0.0104. The number of esters is 1. The van der Waals surface area contributed by atoms with E-state index in [1.807, 2.05) is 70.2 Å². The Bertz CT molecular complexity index is 1590. The molecule has 0 fully saturated rings. The molecule has 2 aromatic carbocycles. The molecule has 9 nitrogen and oxygen atoms in total. The molecule has 1 heterocycles. The third kappa shape index (κ3) is 10.4. The van der Waals surface area contributed by atoms with Crippen LogP contribution >= 0.6 is 0 Å². The first kappa shape index (κ1) is 38.2. The van der Waals surface area contributed by atoms with Crippen LogP contribution in [0.25, 0.3) is 10.8 Å². The minimum atomic E-state index is -3.86. The normalized spacial score (nSPS) is 29.6. The summed E-state index contributed by atoms with van der Waals surface area (Å²) in [7, 11) is -0.997. The summed E-state index contributed by atoms with van der Waals surface area (Å²) in [4.78, 5) is 13.6. The van der Waals surface area contributed by atoms with E-state index >= 15 is 0 Å². The number of hydrogen-bond donors (Lipinski definition) is 3. The van der Waals surface area contributed by atoms with E-state index in [9.17, 15) is 23.4 Å². The fourth-order valence-electron chi connectivity index (χ4n) is 5.98. The molecule has 1 aliphatic rings. The summed E-state index contributed by atoms with van der Waals surface area (Å²) in [6.07, 6.45) is 6.26. The van der Waals surface area contributed by atoms with Gasteiger partial charge in [0.25, 0.3) is 0 Å². The van der Waals surface area contributed by atoms with E-state index in [4.69, 9.17) is 14.2 Å². The molecule has 0 aliphatic carbocycles. The monoisotopic (exact) mass is 669 g/mol. The van der Waals surface area contributed by atoms with Gasteiger partial charge in [-0.05, 0) is 61.1 Å². The lowest BCUT2D eigenvalue weighted by molar-refractivity contribution is -0.161. The molecule has 0 bridgehead atoms. The maximum absolute atomic E-state index is 13.5. The summed E-state index contributed by atoms with van der Waals surface area (Å²) in [5, 5.41) is 24.1. The van der Waals surface area contributed by atoms with Gasteiger partial charge in [-0.15, -0.1) is 0 Å². The van der Waals surface area contributed by atoms with Crippen LogP contribution in [0, 0.1) is 23.7 Å². The highest BCUT2D eigenvalue weighted by molar-refractivity contribution is 7.89. The van der Waals surface area contributed by atoms with Crippen LogP contribution in [0.15, 0.2) is 94.6 Å². The van der Waals surface area contributed by atoms with E-state index in [-0.39, 0.29) is 29.0 Å². The van der Waals surface area contributed by atoms with Crippen molar-refractivity contribution in [3.63, 3.8) is 0 Å². The number of allylic oxidation sites excluding steroid dienone is 5. The zero-order chi connectivity index (χ0) is 34.9. The predicted octanol–water partition coefficient (Wildman–Crippen LogP) is 5.69. The van der Waals surface area contributed by atoms with Crippen molar-refractivity contribution in [1.29, 1.82) is 0 Å². The Labute approximate surface area is 280 Å². The van der Waals surface area contributed by atoms with Gasteiger partial charge in [-0.2, -0.15) is 0 Å². The smallest absolute Gasteiger partial charge is 0.373 e. The number of hydrogen-bond acceptors (Lipinski definition) is 8. The third-order valence-corrected chi connectivity index (χ3v) is 10.3. The number of carbonyl (C=O) groups is 1. The molecule has 3 rings (SSSR count). The summed E-state index contributed by atoms with van der Waals surface area (Å²) >= 11 is 0. The van der Waals surface area contributed by atoms with E-state index in [2.05, 4.69) is 4.72 Å². The summed E-state index contributed by atoms with van der Waals surface area (Å²) in [6.45, 7) is 11.2. The second-order valence-corrected chi connectivity index (χ2v) is 14.6. The fraction of sp³-hybridized carbons (Fsp3) is 0.486. The summed E-state index contributed by atoms with van der Waals surface area (Å²) in [5.41, 5.74) is 1.77. The van der Waals surface area contributed by atoms with Crippen molar-refractivity contribution in [2.24, 2.45) is 23.7 Å². The van der Waals surface area contributed by atoms with Gasteiger partial charge in [0.1, 0.15) is 12.2 Å². The van der Waals surface area contributed by atoms with Crippen molar-refractivity contribution in [2.75, 3.05) is 20.8 Å². The number of rotatable bonds is 9. The standard InChI is InChI=1S/C37H51NO8S/c1-23-12-11-15-32(44-7)36(46-37(41)33(45-8)20-24(2)19-26(4)34(39)25(3)18-23)28(6)35(40)27(5)22-38-47(42,43)31-17-16-29-13-9-10-14-30(29)21-31/h9-17,19-21,25-28,32,34-36,38-40H,18,22H2,1-8H3/b15-11+,23-12+,24-19+,33-20-/t25-,26+,27+,28-,32-,34-,35-,36?/m0/s1. The van der Waals surface area contributed by atoms with Crippen molar-refractivity contribution in [3.8, 4) is 0 Å². The Morgan fingerprint density at radius 2 is 1.74 bits per heavy atom. The molecule has 1 unspecified atom stereocenters. The Hall–Kier alpha value is -3.28. The minimum Gasteiger partial charge on any atom is -0.490 e. The van der Waals surface area contributed by atoms with E-state index in [0.717, 1.165) is 21.9 Å². The van der Waals surface area contributed by atoms with Crippen LogP contribution in [0.3, 0.4) is 0 Å². The molecule has 0 saturated heterocycles. The second kappa shape index (κ2) is 17.2. The van der Waals surface area contributed by atoms with Gasteiger partial charge in [-0.25, -0.2) is 17.9 Å². The zero-order valence-corrected chi connectivity index (χ0v) is 29.5. The Balaban J connectivity index is 1.88. The van der Waals surface area contributed by atoms with Gasteiger partial charge < -0.3 is 24.4 Å². The van der Waals surface area contributed by atoms with Gasteiger partial charge in [-0.3, -0.25) is 0 Å². The highest BCUT2D eigenvalue weighted by Crippen LogP contribution is 2.27. The first-order chi connectivity index (χ1) is 22.2. The molecule has 3 N–H and O–H groups in total. The van der Waals surface area contributed by atoms with Crippen LogP contribution < -0.4 is 4.72 Å². The molecule has 1 aliphatic heterocycles. The van der Waals surface area contributed by atoms with E-state index in [0.29, 0.717) is 6.42 Å². The molecule has 0 aromatic heterocycles. The van der Waals surface area contributed by atoms with Crippen LogP contribution in [0.5, 0.6) is 0 Å². The van der Waals surface area contributed by atoms with Crippen molar-refractivity contribution in [3.05, 3.63) is 89.8 Å². The van der Waals surface area contributed by atoms with Gasteiger partial charge in [0.2, 0.25) is 15.8 Å². The molecular weight excluding hydrogens is 618 g/mol. The van der Waals surface area contributed by atoms with E-state index in [1.54, 1.807) is 44.2 Å². The molecule has 47 heavy (non-hydrogen) atoms. The number of nitrogens with one attached hydrogen (secondary N) is 1. The number of ether oxygens (including phenoxy) is 3. The highest BCUT2D eigenvalue weighted by atomic mass is 32.2. The predicted molar refractivity (Wildman–Crippen MR) is 185 cm³/mol. The molecule has 0 radical (unpaired) electrons. The molecule has 10 heteroatoms. The Morgan fingerprint density at radius 3 is 2.40 bits per heavy atom. The van der Waals surface area contributed by atoms with Crippen LogP contribution in [0.1, 0.15) is 48.0 Å². The number of benzene rings is 2. The first-order valence-corrected chi connectivity index (χ1v) is 17.5. The second-order valence-electron chi connectivity index (χ2n) is 12.8. The zero-order valence-electron chi connectivity index (χ0n) is 28.7. The number of cyclic esters (lactones) is 1. The lowest BCUT2D eigenvalue weighted by Crippen LogP contribution is -2.46. The molecule has 258 valence electrons. The SMILES string of the molecule is CO/C1=C\C(C)=C\[C@@H](C)[C@@H](O)[C@@H](C)C/C(C)=C/C=C/[C@H](OC)C([C@@H](C)[C@@H](O)[C@H](C)CNS(=O)(=O)c2ccc3ccccc3c2)OC1=O. The third-order valence-electron chi connectivity index (χ3n) is 8.86. The largest absolute Gasteiger partial charge is 0.490 e. The summed E-state index contributed by atoms with van der Waals surface area (Å²) in [6, 6.07) is 12.4. The lowest BCUT2D eigenvalue weighted by atomic mass is 9.86. The van der Waals surface area contributed by atoms with Crippen LogP contribution in [0.2, 0.25) is 0 Å². The first-order valence-electron chi connectivity index (χ1n) is 16.0. The quantitative estimate of drug-likeness (QED) is 0.290. The van der Waals surface area contributed by atoms with Gasteiger partial charge in [-0.1, -0.05) is 93.5 Å². The number of aliphatic hydroxyl groups excluding tert-OH is 2. The summed E-state index contributed by atoms with van der Waals surface area (Å²) in [5.74, 6) is -2.21. The van der Waals surface area contributed by atoms with E-state index < -0.39 is 52.2 Å². The number of carbonyl (C=O) groups excluding carboxylic acids is 1. The van der Waals surface area contributed by atoms with E-state index in [1.165, 1.54) is 14.2 Å². The van der Waals surface area contributed by atoms with Gasteiger partial charge in [0, 0.05) is 25.5 Å². The number of sulfonamides is 1. The van der Waals surface area contributed by atoms with Crippen molar-refractivity contribution < 1.29 is 37.6 Å². The highest BCUT2D eigenvalue weighted by Gasteiger charge is 2.37. The summed E-state index contributed by atoms with van der Waals surface area (Å²) < 4.78 is 46.1. The maximum atomic E-state index is 13.5. The molecule has 0 amide bonds. The maximum Gasteiger partial charge on any atom is 0.373 e. The van der Waals surface area contributed by atoms with Gasteiger partial charge >= 0.3 is 5.97 Å². The average Bonchev–Trinajstić information content (AvgIpc) is 3.05. The van der Waals surface area contributed by atoms with Crippen molar-refractivity contribution in [1.82, 2.24) is 4.72 Å². The topological polar surface area (TPSA) is 131 Å². The molecule has 0 spiro atoms. The van der Waals surface area contributed by atoms with Crippen molar-refractivity contribution >= 4 is 26.8 Å². The molecular formula is C37H51NO8S. The molecule has 0 saturated carbocycles. The number of aliphatic hydroxyl groups is 2. The Morgan fingerprint density at radius 1 is 1.06 bits per heavy atom. The van der Waals surface area contributed by atoms with Gasteiger partial charge in [0.05, 0.1) is 24.2 Å². The van der Waals surface area contributed by atoms with Crippen LogP contribution in [-0.4, -0.2) is 69.8 Å². The number of methoxy groups -OCH3 is 2. The molecule has 8 atom stereocenters. The number of fused-ring (bicyclic) bond motifs is 1. The van der Waals surface area contributed by atoms with Gasteiger partial charge in [0.15, 0.2) is 0 Å². The Kier molecular flexibility index (Phi) is 14.0. The average molecular weight is 670 g/mol. The molecule has 2 aromatic rings. The fourth-order valence-corrected chi connectivity index (χ4v) is 7.16. The van der Waals surface area contributed by atoms with Crippen molar-refractivity contribution in [2.45, 2.75) is 77.3 Å². The lowest BCUT2D eigenvalue weighted by Gasteiger charge is -2.34. The van der Waals surface area contributed by atoms with Crippen LogP contribution in [0.4, 0.5) is 0 Å². The van der Waals surface area contributed by atoms with Crippen LogP contribution in [-0.2, 0) is 29.0 Å².